The van der Waals surface area contributed by atoms with E-state index in [1.54, 1.807) is 0 Å². The monoisotopic (exact) mass is 251 g/mol. The molecule has 2 heterocycles. The van der Waals surface area contributed by atoms with Crippen LogP contribution < -0.4 is 10.6 Å². The maximum absolute atomic E-state index is 5.91. The molecule has 94 valence electrons. The summed E-state index contributed by atoms with van der Waals surface area (Å²) >= 11 is 1.98. The van der Waals surface area contributed by atoms with Crippen LogP contribution in [0.5, 0.6) is 0 Å². The first kappa shape index (κ1) is 12.7. The second-order valence-electron chi connectivity index (χ2n) is 4.66. The fraction of sp³-hybridized carbons (Fsp3) is 0.615. The van der Waals surface area contributed by atoms with Gasteiger partial charge in [-0.2, -0.15) is 11.8 Å². The van der Waals surface area contributed by atoms with E-state index in [2.05, 4.69) is 22.2 Å². The maximum atomic E-state index is 5.91. The summed E-state index contributed by atoms with van der Waals surface area (Å²) in [5, 5.41) is 0.822. The van der Waals surface area contributed by atoms with Gasteiger partial charge in [0.25, 0.3) is 0 Å². The van der Waals surface area contributed by atoms with Crippen LogP contribution in [-0.2, 0) is 0 Å². The van der Waals surface area contributed by atoms with E-state index in [9.17, 15) is 0 Å². The Morgan fingerprint density at radius 2 is 2.18 bits per heavy atom. The Bertz CT molecular complexity index is 359. The molecule has 1 atom stereocenters. The molecule has 0 saturated carbocycles. The number of aromatic nitrogens is 1. The lowest BCUT2D eigenvalue weighted by Crippen LogP contribution is -2.35. The van der Waals surface area contributed by atoms with Crippen LogP contribution in [0.1, 0.15) is 31.4 Å². The standard InChI is InChI=1S/C13H21N3S/c1-10(14)11-3-6-15-13(9-11)16-7-4-12(17-2)5-8-16/h3,6,9-10,12H,4-5,7-8,14H2,1-2H3/t10-/m0/s1. The molecule has 4 heteroatoms. The lowest BCUT2D eigenvalue weighted by atomic mass is 10.1. The summed E-state index contributed by atoms with van der Waals surface area (Å²) < 4.78 is 0. The second kappa shape index (κ2) is 5.74. The van der Waals surface area contributed by atoms with E-state index in [-0.39, 0.29) is 6.04 Å². The van der Waals surface area contributed by atoms with Crippen molar-refractivity contribution in [3.05, 3.63) is 23.9 Å². The molecule has 0 bridgehead atoms. The van der Waals surface area contributed by atoms with Crippen molar-refractivity contribution in [3.63, 3.8) is 0 Å². The SMILES string of the molecule is CSC1CCN(c2cc([C@H](C)N)ccn2)CC1. The third-order valence-corrected chi connectivity index (χ3v) is 4.53. The number of piperidine rings is 1. The van der Waals surface area contributed by atoms with Gasteiger partial charge in [-0.05, 0) is 43.7 Å². The van der Waals surface area contributed by atoms with Crippen LogP contribution in [0.2, 0.25) is 0 Å². The van der Waals surface area contributed by atoms with Crippen molar-refractivity contribution in [3.8, 4) is 0 Å². The molecule has 0 aromatic carbocycles. The van der Waals surface area contributed by atoms with E-state index in [1.165, 1.54) is 18.4 Å². The summed E-state index contributed by atoms with van der Waals surface area (Å²) in [5.41, 5.74) is 7.07. The van der Waals surface area contributed by atoms with Gasteiger partial charge in [-0.3, -0.25) is 0 Å². The van der Waals surface area contributed by atoms with E-state index in [0.29, 0.717) is 0 Å². The van der Waals surface area contributed by atoms with Gasteiger partial charge in [0.1, 0.15) is 5.82 Å². The maximum Gasteiger partial charge on any atom is 0.128 e. The second-order valence-corrected chi connectivity index (χ2v) is 5.80. The largest absolute Gasteiger partial charge is 0.357 e. The van der Waals surface area contributed by atoms with Gasteiger partial charge in [-0.1, -0.05) is 0 Å². The van der Waals surface area contributed by atoms with Gasteiger partial charge in [-0.15, -0.1) is 0 Å². The first-order valence-corrected chi connectivity index (χ1v) is 7.48. The molecule has 1 aliphatic heterocycles. The van der Waals surface area contributed by atoms with Crippen LogP contribution in [0.15, 0.2) is 18.3 Å². The summed E-state index contributed by atoms with van der Waals surface area (Å²) in [6.45, 7) is 4.24. The quantitative estimate of drug-likeness (QED) is 0.896. The summed E-state index contributed by atoms with van der Waals surface area (Å²) in [6.07, 6.45) is 6.58. The van der Waals surface area contributed by atoms with E-state index >= 15 is 0 Å². The third kappa shape index (κ3) is 3.13. The highest BCUT2D eigenvalue weighted by atomic mass is 32.2. The van der Waals surface area contributed by atoms with Crippen molar-refractivity contribution in [2.75, 3.05) is 24.2 Å². The van der Waals surface area contributed by atoms with E-state index in [4.69, 9.17) is 5.73 Å². The number of hydrogen-bond acceptors (Lipinski definition) is 4. The molecule has 0 amide bonds. The smallest absolute Gasteiger partial charge is 0.128 e. The highest BCUT2D eigenvalue weighted by molar-refractivity contribution is 7.99. The molecular weight excluding hydrogens is 230 g/mol. The highest BCUT2D eigenvalue weighted by Gasteiger charge is 2.19. The van der Waals surface area contributed by atoms with E-state index in [1.807, 2.05) is 30.9 Å². The predicted octanol–water partition coefficient (Wildman–Crippen LogP) is 2.43. The minimum absolute atomic E-state index is 0.0838. The van der Waals surface area contributed by atoms with Crippen LogP contribution in [-0.4, -0.2) is 29.6 Å². The number of hydrogen-bond donors (Lipinski definition) is 1. The van der Waals surface area contributed by atoms with Crippen LogP contribution >= 0.6 is 11.8 Å². The Balaban J connectivity index is 2.05. The predicted molar refractivity (Wildman–Crippen MR) is 75.6 cm³/mol. The zero-order valence-electron chi connectivity index (χ0n) is 10.6. The van der Waals surface area contributed by atoms with Crippen molar-refractivity contribution in [2.45, 2.75) is 31.1 Å². The lowest BCUT2D eigenvalue weighted by Gasteiger charge is -2.32. The average Bonchev–Trinajstić information content (AvgIpc) is 2.39. The summed E-state index contributed by atoms with van der Waals surface area (Å²) in [4.78, 5) is 6.83. The molecule has 0 aliphatic carbocycles. The Kier molecular flexibility index (Phi) is 4.29. The molecular formula is C13H21N3S. The molecule has 2 rings (SSSR count). The normalized spacial score (nSPS) is 19.4. The molecule has 1 saturated heterocycles. The number of rotatable bonds is 3. The Morgan fingerprint density at radius 1 is 1.47 bits per heavy atom. The molecule has 1 fully saturated rings. The van der Waals surface area contributed by atoms with Gasteiger partial charge in [0.2, 0.25) is 0 Å². The number of nitrogens with two attached hydrogens (primary N) is 1. The first-order chi connectivity index (χ1) is 8.20. The van der Waals surface area contributed by atoms with Gasteiger partial charge in [-0.25, -0.2) is 4.98 Å². The lowest BCUT2D eigenvalue weighted by molar-refractivity contribution is 0.586. The molecule has 17 heavy (non-hydrogen) atoms. The molecule has 0 radical (unpaired) electrons. The number of anilines is 1. The summed E-state index contributed by atoms with van der Waals surface area (Å²) in [5.74, 6) is 1.08. The number of pyridine rings is 1. The van der Waals surface area contributed by atoms with Crippen LogP contribution in [0.25, 0.3) is 0 Å². The van der Waals surface area contributed by atoms with Crippen molar-refractivity contribution in [1.29, 1.82) is 0 Å². The molecule has 1 aromatic rings. The average molecular weight is 251 g/mol. The van der Waals surface area contributed by atoms with Crippen molar-refractivity contribution >= 4 is 17.6 Å². The topological polar surface area (TPSA) is 42.1 Å². The van der Waals surface area contributed by atoms with Crippen molar-refractivity contribution < 1.29 is 0 Å². The minimum Gasteiger partial charge on any atom is -0.357 e. The number of thioether (sulfide) groups is 1. The summed E-state index contributed by atoms with van der Waals surface area (Å²) in [7, 11) is 0. The zero-order chi connectivity index (χ0) is 12.3. The Hall–Kier alpha value is -0.740. The number of nitrogens with zero attached hydrogens (tertiary/aromatic N) is 2. The van der Waals surface area contributed by atoms with E-state index in [0.717, 1.165) is 24.2 Å². The fourth-order valence-corrected chi connectivity index (χ4v) is 2.89. The Labute approximate surface area is 108 Å². The van der Waals surface area contributed by atoms with Crippen LogP contribution in [0.3, 0.4) is 0 Å². The third-order valence-electron chi connectivity index (χ3n) is 3.39. The van der Waals surface area contributed by atoms with Gasteiger partial charge >= 0.3 is 0 Å². The van der Waals surface area contributed by atoms with Crippen LogP contribution in [0.4, 0.5) is 5.82 Å². The molecule has 1 aromatic heterocycles. The van der Waals surface area contributed by atoms with Gasteiger partial charge in [0.05, 0.1) is 0 Å². The summed E-state index contributed by atoms with van der Waals surface area (Å²) in [6, 6.07) is 4.22. The molecule has 0 spiro atoms. The van der Waals surface area contributed by atoms with Crippen LogP contribution in [0, 0.1) is 0 Å². The van der Waals surface area contributed by atoms with Crippen molar-refractivity contribution in [2.24, 2.45) is 5.73 Å². The fourth-order valence-electron chi connectivity index (χ4n) is 2.21. The van der Waals surface area contributed by atoms with Gasteiger partial charge in [0, 0.05) is 30.6 Å². The first-order valence-electron chi connectivity index (χ1n) is 6.20. The molecule has 2 N–H and O–H groups in total. The molecule has 3 nitrogen and oxygen atoms in total. The van der Waals surface area contributed by atoms with E-state index < -0.39 is 0 Å². The van der Waals surface area contributed by atoms with Gasteiger partial charge < -0.3 is 10.6 Å². The van der Waals surface area contributed by atoms with Gasteiger partial charge in [0.15, 0.2) is 0 Å². The minimum atomic E-state index is 0.0838. The Morgan fingerprint density at radius 3 is 2.76 bits per heavy atom. The zero-order valence-corrected chi connectivity index (χ0v) is 11.4. The highest BCUT2D eigenvalue weighted by Crippen LogP contribution is 2.25. The van der Waals surface area contributed by atoms with Crippen molar-refractivity contribution in [1.82, 2.24) is 4.98 Å². The molecule has 0 unspecified atom stereocenters. The molecule has 1 aliphatic rings.